The van der Waals surface area contributed by atoms with Crippen LogP contribution < -0.4 is 15.4 Å². The van der Waals surface area contributed by atoms with Crippen molar-refractivity contribution < 1.29 is 9.47 Å². The number of aliphatic imine (C=N–C) groups is 1. The Balaban J connectivity index is 0.00000242. The minimum absolute atomic E-state index is 0. The number of nitrogens with one attached hydrogen (secondary N) is 2. The van der Waals surface area contributed by atoms with Gasteiger partial charge in [-0.15, -0.1) is 24.0 Å². The average molecular weight is 420 g/mol. The molecule has 0 aromatic carbocycles. The van der Waals surface area contributed by atoms with Crippen LogP contribution in [0.1, 0.15) is 18.4 Å². The molecule has 0 saturated heterocycles. The lowest BCUT2D eigenvalue weighted by molar-refractivity contribution is 0.143. The first-order valence-corrected chi connectivity index (χ1v) is 7.33. The molecule has 6 nitrogen and oxygen atoms in total. The number of rotatable bonds is 8. The number of guanidine groups is 1. The van der Waals surface area contributed by atoms with Gasteiger partial charge in [0.05, 0.1) is 6.61 Å². The van der Waals surface area contributed by atoms with Crippen LogP contribution in [0, 0.1) is 5.92 Å². The molecule has 0 atom stereocenters. The number of ether oxygens (including phenoxy) is 2. The lowest BCUT2D eigenvalue weighted by Crippen LogP contribution is -2.37. The third-order valence-corrected chi connectivity index (χ3v) is 3.27. The maximum absolute atomic E-state index is 5.43. The third kappa shape index (κ3) is 7.26. The van der Waals surface area contributed by atoms with Crippen LogP contribution in [-0.4, -0.2) is 44.9 Å². The van der Waals surface area contributed by atoms with Crippen molar-refractivity contribution in [2.45, 2.75) is 19.4 Å². The topological polar surface area (TPSA) is 67.8 Å². The summed E-state index contributed by atoms with van der Waals surface area (Å²) in [6.07, 6.45) is 4.47. The Bertz CT molecular complexity index is 449. The Morgan fingerprint density at radius 2 is 2.14 bits per heavy atom. The molecule has 1 aliphatic carbocycles. The van der Waals surface area contributed by atoms with Crippen molar-refractivity contribution >= 4 is 29.9 Å². The maximum atomic E-state index is 5.43. The van der Waals surface area contributed by atoms with Gasteiger partial charge in [-0.1, -0.05) is 6.07 Å². The van der Waals surface area contributed by atoms with E-state index in [0.29, 0.717) is 25.6 Å². The maximum Gasteiger partial charge on any atom is 0.213 e. The summed E-state index contributed by atoms with van der Waals surface area (Å²) in [4.78, 5) is 8.47. The monoisotopic (exact) mass is 420 g/mol. The van der Waals surface area contributed by atoms with Gasteiger partial charge in [0.2, 0.25) is 5.88 Å². The Kier molecular flexibility index (Phi) is 9.14. The molecule has 1 saturated carbocycles. The zero-order chi connectivity index (χ0) is 14.9. The summed E-state index contributed by atoms with van der Waals surface area (Å²) in [5.74, 6) is 2.28. The van der Waals surface area contributed by atoms with Crippen molar-refractivity contribution in [1.82, 2.24) is 15.6 Å². The average Bonchev–Trinajstić information content (AvgIpc) is 3.33. The number of pyridine rings is 1. The minimum atomic E-state index is 0. The molecule has 1 fully saturated rings. The van der Waals surface area contributed by atoms with Gasteiger partial charge in [-0.2, -0.15) is 0 Å². The first kappa shape index (κ1) is 19.0. The molecule has 0 bridgehead atoms. The fourth-order valence-electron chi connectivity index (χ4n) is 1.80. The normalized spacial score (nSPS) is 14.2. The molecule has 0 spiro atoms. The molecule has 0 aliphatic heterocycles. The molecule has 2 N–H and O–H groups in total. The van der Waals surface area contributed by atoms with Gasteiger partial charge >= 0.3 is 0 Å². The molecular formula is C15H25IN4O2. The van der Waals surface area contributed by atoms with Crippen molar-refractivity contribution in [3.63, 3.8) is 0 Å². The van der Waals surface area contributed by atoms with Gasteiger partial charge in [-0.3, -0.25) is 4.99 Å². The van der Waals surface area contributed by atoms with Gasteiger partial charge in [0, 0.05) is 39.5 Å². The summed E-state index contributed by atoms with van der Waals surface area (Å²) in [6, 6.07) is 3.86. The SMILES string of the molecule is CN=C(NCc1ccc(OCCOC)nc1)NCC1CC1.I. The molecule has 0 unspecified atom stereocenters. The third-order valence-electron chi connectivity index (χ3n) is 3.27. The second-order valence-corrected chi connectivity index (χ2v) is 5.10. The van der Waals surface area contributed by atoms with Gasteiger partial charge < -0.3 is 20.1 Å². The van der Waals surface area contributed by atoms with Crippen LogP contribution in [0.3, 0.4) is 0 Å². The van der Waals surface area contributed by atoms with Crippen LogP contribution in [0.15, 0.2) is 23.3 Å². The summed E-state index contributed by atoms with van der Waals surface area (Å²) in [5.41, 5.74) is 1.09. The molecule has 1 heterocycles. The quantitative estimate of drug-likeness (QED) is 0.291. The van der Waals surface area contributed by atoms with Crippen LogP contribution in [0.4, 0.5) is 0 Å². The summed E-state index contributed by atoms with van der Waals surface area (Å²) >= 11 is 0. The van der Waals surface area contributed by atoms with Crippen LogP contribution in [-0.2, 0) is 11.3 Å². The fourth-order valence-corrected chi connectivity index (χ4v) is 1.80. The highest BCUT2D eigenvalue weighted by Crippen LogP contribution is 2.27. The molecule has 22 heavy (non-hydrogen) atoms. The molecular weight excluding hydrogens is 395 g/mol. The fraction of sp³-hybridized carbons (Fsp3) is 0.600. The highest BCUT2D eigenvalue weighted by Gasteiger charge is 2.20. The van der Waals surface area contributed by atoms with Crippen LogP contribution in [0.5, 0.6) is 5.88 Å². The summed E-state index contributed by atoms with van der Waals surface area (Å²) < 4.78 is 10.4. The van der Waals surface area contributed by atoms with Gasteiger partial charge in [0.1, 0.15) is 6.61 Å². The Hall–Kier alpha value is -1.09. The number of hydrogen-bond donors (Lipinski definition) is 2. The highest BCUT2D eigenvalue weighted by molar-refractivity contribution is 14.0. The first-order valence-electron chi connectivity index (χ1n) is 7.33. The number of nitrogens with zero attached hydrogens (tertiary/aromatic N) is 2. The summed E-state index contributed by atoms with van der Waals surface area (Å²) in [5, 5.41) is 6.61. The van der Waals surface area contributed by atoms with Crippen LogP contribution >= 0.6 is 24.0 Å². The van der Waals surface area contributed by atoms with E-state index in [9.17, 15) is 0 Å². The van der Waals surface area contributed by atoms with E-state index in [1.807, 2.05) is 18.3 Å². The molecule has 1 aromatic rings. The Labute approximate surface area is 149 Å². The molecule has 124 valence electrons. The van der Waals surface area contributed by atoms with E-state index in [4.69, 9.17) is 9.47 Å². The van der Waals surface area contributed by atoms with Gasteiger partial charge in [0.15, 0.2) is 5.96 Å². The van der Waals surface area contributed by atoms with Crippen LogP contribution in [0.25, 0.3) is 0 Å². The van der Waals surface area contributed by atoms with Crippen LogP contribution in [0.2, 0.25) is 0 Å². The second kappa shape index (κ2) is 10.6. The van der Waals surface area contributed by atoms with Gasteiger partial charge in [-0.25, -0.2) is 4.98 Å². The van der Waals surface area contributed by atoms with Gasteiger partial charge in [-0.05, 0) is 24.3 Å². The molecule has 0 amide bonds. The van der Waals surface area contributed by atoms with E-state index in [1.54, 1.807) is 14.2 Å². The number of aromatic nitrogens is 1. The summed E-state index contributed by atoms with van der Waals surface area (Å²) in [7, 11) is 3.43. The van der Waals surface area contributed by atoms with Crippen molar-refractivity contribution in [3.05, 3.63) is 23.9 Å². The summed E-state index contributed by atoms with van der Waals surface area (Å²) in [6.45, 7) is 2.77. The Morgan fingerprint density at radius 1 is 1.32 bits per heavy atom. The first-order chi connectivity index (χ1) is 10.3. The number of hydrogen-bond acceptors (Lipinski definition) is 4. The van der Waals surface area contributed by atoms with Crippen molar-refractivity contribution in [1.29, 1.82) is 0 Å². The van der Waals surface area contributed by atoms with E-state index in [2.05, 4.69) is 20.6 Å². The highest BCUT2D eigenvalue weighted by atomic mass is 127. The molecule has 7 heteroatoms. The van der Waals surface area contributed by atoms with E-state index in [-0.39, 0.29) is 24.0 Å². The van der Waals surface area contributed by atoms with E-state index >= 15 is 0 Å². The van der Waals surface area contributed by atoms with Gasteiger partial charge in [0.25, 0.3) is 0 Å². The molecule has 1 aromatic heterocycles. The predicted octanol–water partition coefficient (Wildman–Crippen LogP) is 1.80. The zero-order valence-electron chi connectivity index (χ0n) is 13.2. The number of halogens is 1. The predicted molar refractivity (Wildman–Crippen MR) is 97.9 cm³/mol. The van der Waals surface area contributed by atoms with Crippen molar-refractivity contribution in [2.75, 3.05) is 33.9 Å². The minimum Gasteiger partial charge on any atom is -0.475 e. The van der Waals surface area contributed by atoms with E-state index in [0.717, 1.165) is 24.0 Å². The van der Waals surface area contributed by atoms with Crippen molar-refractivity contribution in [3.8, 4) is 5.88 Å². The molecule has 0 radical (unpaired) electrons. The largest absolute Gasteiger partial charge is 0.475 e. The molecule has 2 rings (SSSR count). The second-order valence-electron chi connectivity index (χ2n) is 5.10. The number of methoxy groups -OCH3 is 1. The standard InChI is InChI=1S/C15H24N4O2.HI/c1-16-15(18-9-12-3-4-12)19-11-13-5-6-14(17-10-13)21-8-7-20-2;/h5-6,10,12H,3-4,7-9,11H2,1-2H3,(H2,16,18,19);1H. The van der Waals surface area contributed by atoms with Crippen molar-refractivity contribution in [2.24, 2.45) is 10.9 Å². The smallest absolute Gasteiger partial charge is 0.213 e. The lowest BCUT2D eigenvalue weighted by atomic mass is 10.3. The van der Waals surface area contributed by atoms with E-state index in [1.165, 1.54) is 12.8 Å². The molecule has 1 aliphatic rings. The lowest BCUT2D eigenvalue weighted by Gasteiger charge is -2.11. The van der Waals surface area contributed by atoms with E-state index < -0.39 is 0 Å². The zero-order valence-corrected chi connectivity index (χ0v) is 15.5. The Morgan fingerprint density at radius 3 is 2.73 bits per heavy atom.